The molecule has 4 heterocycles. The van der Waals surface area contributed by atoms with E-state index < -0.39 is 74.1 Å². The van der Waals surface area contributed by atoms with Gasteiger partial charge < -0.3 is 44.3 Å². The third-order valence-corrected chi connectivity index (χ3v) is 18.2. The Morgan fingerprint density at radius 3 is 2.15 bits per heavy atom. The summed E-state index contributed by atoms with van der Waals surface area (Å²) in [6.45, 7) is 9.82. The fourth-order valence-electron chi connectivity index (χ4n) is 10.6. The van der Waals surface area contributed by atoms with E-state index in [0.717, 1.165) is 77.9 Å². The van der Waals surface area contributed by atoms with Gasteiger partial charge in [0.15, 0.2) is 46.0 Å². The molecule has 5 aliphatic rings. The number of rotatable bonds is 17. The minimum Gasteiger partial charge on any atom is -0.489 e. The van der Waals surface area contributed by atoms with Crippen molar-refractivity contribution >= 4 is 116 Å². The molecule has 22 nitrogen and oxygen atoms in total. The highest BCUT2D eigenvalue weighted by molar-refractivity contribution is 7.90. The molecule has 1 aromatic heterocycles. The number of carbonyl (C=O) groups excluding carboxylic acids is 6. The van der Waals surface area contributed by atoms with Crippen LogP contribution in [0.25, 0.3) is 0 Å². The molecule has 0 radical (unpaired) electrons. The van der Waals surface area contributed by atoms with Crippen molar-refractivity contribution in [3.63, 3.8) is 0 Å². The van der Waals surface area contributed by atoms with E-state index in [4.69, 9.17) is 75.7 Å². The number of methoxy groups -OCH3 is 1. The predicted octanol–water partition coefficient (Wildman–Crippen LogP) is 10.6. The molecule has 4 aromatic carbocycles. The fourth-order valence-corrected chi connectivity index (χ4v) is 12.6. The van der Waals surface area contributed by atoms with Gasteiger partial charge in [-0.2, -0.15) is 13.2 Å². The van der Waals surface area contributed by atoms with Gasteiger partial charge in [0.2, 0.25) is 5.91 Å². The number of terminal acetylenes is 1. The molecule has 4 atom stereocenters. The van der Waals surface area contributed by atoms with Gasteiger partial charge in [0, 0.05) is 54.9 Å². The van der Waals surface area contributed by atoms with E-state index in [1.165, 1.54) is 23.8 Å². The summed E-state index contributed by atoms with van der Waals surface area (Å²) >= 11 is 17.0. The Morgan fingerprint density at radius 2 is 1.59 bits per heavy atom. The van der Waals surface area contributed by atoms with Crippen LogP contribution in [-0.4, -0.2) is 146 Å². The van der Waals surface area contributed by atoms with Crippen molar-refractivity contribution in [1.82, 2.24) is 5.16 Å². The van der Waals surface area contributed by atoms with Gasteiger partial charge in [-0.05, 0) is 120 Å². The summed E-state index contributed by atoms with van der Waals surface area (Å²) in [5.41, 5.74) is 8.64. The highest BCUT2D eigenvalue weighted by Crippen LogP contribution is 2.44. The summed E-state index contributed by atoms with van der Waals surface area (Å²) in [4.78, 5) is 96.8. The molecule has 5 aromatic rings. The molecular formula is C65H72Cl3F4N6O16PS. The molecule has 96 heavy (non-hydrogen) atoms. The summed E-state index contributed by atoms with van der Waals surface area (Å²) in [6, 6.07) is 16.7. The first-order valence-corrected chi connectivity index (χ1v) is 35.5. The van der Waals surface area contributed by atoms with Gasteiger partial charge in [0.1, 0.15) is 30.0 Å². The molecule has 1 saturated carbocycles. The quantitative estimate of drug-likeness (QED) is 0.0195. The number of nitrogens with zero attached hydrogens (tertiary/aromatic N) is 5. The standard InChI is InChI=1S/C19H15FN2O4.C15H22ClNO2.C15H12F3NO4S.C11H11Cl2NO2.C5H12NO4P/c1-2-7-21-15-9-14(13(20)8-16(15)26-10-17(21)23)22-18(24)11-5-3-4-6-12(11)19(22)25;1-5-13-8-6-7-11(2)15(13)17(14(18)9-16)12(3)10-19-4;1-24(21,22)12-6-9(15(16,17)18)4-5-10(12)13(20)11-7-19-23-14(11)8-2-3-8;1-7-6-16-9-5-3-2-4-8(9)14(7)11(15)10(12)13;1-11(9,10)3-2-4(6)5(7)8/h1,8-9H,3-7,10H2;6-8,12H,5,9-10H2,1-4H3;4-8H,2-3H2,1H3;2-5,7,10H,6H2,1H3;4H,2-3,6H2,1H3,(H,7,8)(H,9,10). The van der Waals surface area contributed by atoms with Crippen molar-refractivity contribution in [2.45, 2.75) is 119 Å². The van der Waals surface area contributed by atoms with Crippen molar-refractivity contribution < 1.29 is 92.8 Å². The minimum absolute atomic E-state index is 0.0170. The van der Waals surface area contributed by atoms with Crippen molar-refractivity contribution in [2.24, 2.45) is 5.73 Å². The molecule has 1 fully saturated rings. The lowest BCUT2D eigenvalue weighted by molar-refractivity contribution is -0.139. The number of halogens is 7. The van der Waals surface area contributed by atoms with Crippen LogP contribution in [0.1, 0.15) is 110 Å². The summed E-state index contributed by atoms with van der Waals surface area (Å²) in [7, 11) is -5.51. The van der Waals surface area contributed by atoms with Crippen molar-refractivity contribution in [2.75, 3.05) is 78.0 Å². The SMILES string of the molecule is C#CCN1C(=O)COc2cc(F)c(N3C(=O)C4=C(CCCC4)C3=O)cc21.CC1COc2ccccc2N1C(=O)C(Cl)Cl.CCc1cccc(C)c1N(C(=O)CCl)C(C)COC.CP(=O)(O)CCC(N)C(=O)O.CS(=O)(=O)c1cc(C(F)(F)F)ccc1C(=O)c1cnoc1C1CC1. The van der Waals surface area contributed by atoms with Gasteiger partial charge >= 0.3 is 12.1 Å². The van der Waals surface area contributed by atoms with E-state index in [0.29, 0.717) is 60.8 Å². The van der Waals surface area contributed by atoms with Crippen LogP contribution in [0.2, 0.25) is 0 Å². The molecule has 4 N–H and O–H groups in total. The lowest BCUT2D eigenvalue weighted by Gasteiger charge is -2.35. The number of amides is 5. The maximum absolute atomic E-state index is 14.7. The highest BCUT2D eigenvalue weighted by Gasteiger charge is 2.43. The number of anilines is 4. The molecule has 0 saturated heterocycles. The lowest BCUT2D eigenvalue weighted by atomic mass is 9.93. The third kappa shape index (κ3) is 19.3. The zero-order chi connectivity index (χ0) is 71.3. The zero-order valence-corrected chi connectivity index (χ0v) is 57.3. The molecule has 3 aliphatic heterocycles. The van der Waals surface area contributed by atoms with Crippen LogP contribution in [0.3, 0.4) is 0 Å². The Morgan fingerprint density at radius 1 is 0.948 bits per heavy atom. The second kappa shape index (κ2) is 33.5. The number of hydrogen-bond acceptors (Lipinski definition) is 16. The van der Waals surface area contributed by atoms with Crippen molar-refractivity contribution in [3.8, 4) is 23.8 Å². The van der Waals surface area contributed by atoms with Gasteiger partial charge in [-0.1, -0.05) is 71.5 Å². The van der Waals surface area contributed by atoms with E-state index in [2.05, 4.69) is 24.1 Å². The number of aromatic nitrogens is 1. The molecule has 0 bridgehead atoms. The average molecular weight is 1440 g/mol. The molecule has 10 rings (SSSR count). The number of aliphatic carboxylic acids is 1. The maximum atomic E-state index is 14.7. The first kappa shape index (κ1) is 77.3. The topological polar surface area (TPSA) is 304 Å². The number of fused-ring (bicyclic) bond motifs is 2. The molecule has 5 amide bonds. The number of carbonyl (C=O) groups is 7. The number of sulfone groups is 1. The van der Waals surface area contributed by atoms with Crippen LogP contribution in [-0.2, 0) is 60.5 Å². The Balaban J connectivity index is 0.000000195. The van der Waals surface area contributed by atoms with Crippen molar-refractivity contribution in [3.05, 3.63) is 130 Å². The number of carboxylic acids is 1. The predicted molar refractivity (Wildman–Crippen MR) is 353 cm³/mol. The number of para-hydroxylation sites is 3. The summed E-state index contributed by atoms with van der Waals surface area (Å²) in [5.74, 6) is -0.799. The van der Waals surface area contributed by atoms with E-state index in [1.54, 1.807) is 16.9 Å². The first-order valence-electron chi connectivity index (χ1n) is 29.9. The second-order valence-corrected chi connectivity index (χ2v) is 28.7. The summed E-state index contributed by atoms with van der Waals surface area (Å²) in [6.07, 6.45) is 7.75. The summed E-state index contributed by atoms with van der Waals surface area (Å²) < 4.78 is 109. The van der Waals surface area contributed by atoms with Gasteiger partial charge in [0.25, 0.3) is 23.6 Å². The maximum Gasteiger partial charge on any atom is 0.416 e. The Kier molecular flexibility index (Phi) is 27.0. The molecule has 4 unspecified atom stereocenters. The number of alkyl halides is 6. The van der Waals surface area contributed by atoms with E-state index in [1.807, 2.05) is 57.2 Å². The lowest BCUT2D eigenvalue weighted by Crippen LogP contribution is -2.47. The van der Waals surface area contributed by atoms with Gasteiger partial charge in [0.05, 0.1) is 70.2 Å². The van der Waals surface area contributed by atoms with Gasteiger partial charge in [-0.3, -0.25) is 43.0 Å². The van der Waals surface area contributed by atoms with Crippen LogP contribution in [0.4, 0.5) is 40.3 Å². The van der Waals surface area contributed by atoms with Gasteiger partial charge in [-0.25, -0.2) is 17.7 Å². The third-order valence-electron chi connectivity index (χ3n) is 15.4. The zero-order valence-electron chi connectivity index (χ0n) is 53.3. The Hall–Kier alpha value is -7.67. The average Bonchev–Trinajstić information content (AvgIpc) is 1.55. The van der Waals surface area contributed by atoms with Gasteiger partial charge in [-0.15, -0.1) is 18.0 Å². The number of ether oxygens (including phenoxy) is 3. The molecule has 2 aliphatic carbocycles. The highest BCUT2D eigenvalue weighted by atomic mass is 35.5. The number of benzene rings is 4. The molecular weight excluding hydrogens is 1370 g/mol. The molecule has 31 heteroatoms. The van der Waals surface area contributed by atoms with Crippen LogP contribution in [0.15, 0.2) is 99.6 Å². The number of ketones is 1. The van der Waals surface area contributed by atoms with Crippen LogP contribution in [0.5, 0.6) is 11.5 Å². The fraction of sp³-hybridized carbons (Fsp3) is 0.415. The van der Waals surface area contributed by atoms with Crippen LogP contribution in [0, 0.1) is 25.1 Å². The number of hydrogen-bond donors (Lipinski definition) is 3. The number of carboxylic acid groups (broad SMARTS) is 1. The number of aryl methyl sites for hydroxylation is 2. The molecule has 0 spiro atoms. The normalized spacial score (nSPS) is 16.9. The van der Waals surface area contributed by atoms with E-state index >= 15 is 0 Å². The monoisotopic (exact) mass is 1440 g/mol. The van der Waals surface area contributed by atoms with E-state index in [-0.39, 0.29) is 95.6 Å². The second-order valence-electron chi connectivity index (χ2n) is 22.8. The molecule has 518 valence electrons. The largest absolute Gasteiger partial charge is 0.489 e. The van der Waals surface area contributed by atoms with Crippen LogP contribution < -0.4 is 34.8 Å². The smallest absolute Gasteiger partial charge is 0.416 e. The first-order chi connectivity index (χ1) is 45.1. The van der Waals surface area contributed by atoms with Crippen LogP contribution >= 0.6 is 42.2 Å². The Bertz CT molecular complexity index is 3960. The Labute approximate surface area is 567 Å². The minimum atomic E-state index is -4.71. The number of nitrogens with two attached hydrogens (primary N) is 1. The van der Waals surface area contributed by atoms with Crippen molar-refractivity contribution in [1.29, 1.82) is 0 Å². The summed E-state index contributed by atoms with van der Waals surface area (Å²) in [5, 5.41) is 11.8. The van der Waals surface area contributed by atoms with E-state index in [9.17, 15) is 64.1 Å². The number of imide groups is 1.